The molecule has 27 heavy (non-hydrogen) atoms. The predicted octanol–water partition coefficient (Wildman–Crippen LogP) is 5.77. The van der Waals surface area contributed by atoms with Gasteiger partial charge < -0.3 is 9.64 Å². The standard InChI is InChI=1S/C23H26N2O2/c1-23(2,3)27-22(26)25-15-13-18-16-17(11-12-21(18)25)20-10-7-14-24(20)19-8-5-4-6-9-19/h4-6,8-9,11-13,15-16,20H,7,10,14H2,1-3H3. The maximum atomic E-state index is 12.4. The molecule has 4 heteroatoms. The normalized spacial score (nSPS) is 17.4. The van der Waals surface area contributed by atoms with Gasteiger partial charge in [-0.25, -0.2) is 4.79 Å². The van der Waals surface area contributed by atoms with Crippen LogP contribution in [0.15, 0.2) is 60.8 Å². The van der Waals surface area contributed by atoms with Crippen LogP contribution < -0.4 is 4.90 Å². The van der Waals surface area contributed by atoms with Gasteiger partial charge in [0.1, 0.15) is 5.60 Å². The molecular weight excluding hydrogens is 336 g/mol. The molecule has 140 valence electrons. The molecule has 0 spiro atoms. The first-order valence-corrected chi connectivity index (χ1v) is 9.58. The minimum Gasteiger partial charge on any atom is -0.443 e. The largest absolute Gasteiger partial charge is 0.443 e. The van der Waals surface area contributed by atoms with Crippen molar-refractivity contribution in [3.05, 3.63) is 66.4 Å². The number of carbonyl (C=O) groups excluding carboxylic acids is 1. The van der Waals surface area contributed by atoms with Crippen molar-refractivity contribution in [1.29, 1.82) is 0 Å². The lowest BCUT2D eigenvalue weighted by molar-refractivity contribution is 0.0544. The van der Waals surface area contributed by atoms with E-state index >= 15 is 0 Å². The average molecular weight is 362 g/mol. The Bertz CT molecular complexity index is 953. The van der Waals surface area contributed by atoms with Gasteiger partial charge in [-0.05, 0) is 69.5 Å². The molecule has 1 saturated heterocycles. The zero-order valence-corrected chi connectivity index (χ0v) is 16.2. The summed E-state index contributed by atoms with van der Waals surface area (Å²) < 4.78 is 7.10. The Balaban J connectivity index is 1.64. The minimum absolute atomic E-state index is 0.336. The maximum Gasteiger partial charge on any atom is 0.418 e. The van der Waals surface area contributed by atoms with Crippen molar-refractivity contribution < 1.29 is 9.53 Å². The summed E-state index contributed by atoms with van der Waals surface area (Å²) in [6, 6.07) is 19.4. The molecule has 0 N–H and O–H groups in total. The van der Waals surface area contributed by atoms with Crippen LogP contribution in [0.3, 0.4) is 0 Å². The molecule has 0 bridgehead atoms. The van der Waals surface area contributed by atoms with E-state index in [1.165, 1.54) is 17.7 Å². The smallest absolute Gasteiger partial charge is 0.418 e. The van der Waals surface area contributed by atoms with Crippen LogP contribution in [0.25, 0.3) is 10.9 Å². The lowest BCUT2D eigenvalue weighted by Crippen LogP contribution is -2.26. The monoisotopic (exact) mass is 362 g/mol. The number of nitrogens with zero attached hydrogens (tertiary/aromatic N) is 2. The van der Waals surface area contributed by atoms with E-state index in [2.05, 4.69) is 47.4 Å². The summed E-state index contributed by atoms with van der Waals surface area (Å²) in [7, 11) is 0. The lowest BCUT2D eigenvalue weighted by atomic mass is 10.0. The number of aromatic nitrogens is 1. The molecule has 1 aliphatic rings. The number of hydrogen-bond donors (Lipinski definition) is 0. The van der Waals surface area contributed by atoms with Crippen LogP contribution in [0.2, 0.25) is 0 Å². The van der Waals surface area contributed by atoms with Gasteiger partial charge in [0.2, 0.25) is 0 Å². The fourth-order valence-electron chi connectivity index (χ4n) is 3.88. The van der Waals surface area contributed by atoms with Crippen molar-refractivity contribution in [2.24, 2.45) is 0 Å². The molecule has 0 amide bonds. The number of hydrogen-bond acceptors (Lipinski definition) is 3. The van der Waals surface area contributed by atoms with E-state index in [1.54, 1.807) is 10.8 Å². The molecular formula is C23H26N2O2. The van der Waals surface area contributed by atoms with Crippen LogP contribution in [0.5, 0.6) is 0 Å². The van der Waals surface area contributed by atoms with Crippen LogP contribution in [0, 0.1) is 0 Å². The number of anilines is 1. The number of rotatable bonds is 2. The minimum atomic E-state index is -0.506. The Morgan fingerprint density at radius 1 is 1.07 bits per heavy atom. The van der Waals surface area contributed by atoms with Crippen LogP contribution in [-0.4, -0.2) is 22.8 Å². The third-order valence-electron chi connectivity index (χ3n) is 5.03. The molecule has 4 nitrogen and oxygen atoms in total. The molecule has 1 fully saturated rings. The van der Waals surface area contributed by atoms with Gasteiger partial charge in [-0.3, -0.25) is 4.57 Å². The Morgan fingerprint density at radius 3 is 2.59 bits per heavy atom. The van der Waals surface area contributed by atoms with Gasteiger partial charge in [-0.2, -0.15) is 0 Å². The van der Waals surface area contributed by atoms with Gasteiger partial charge in [0.15, 0.2) is 0 Å². The summed E-state index contributed by atoms with van der Waals surface area (Å²) >= 11 is 0. The summed E-state index contributed by atoms with van der Waals surface area (Å²) in [5.74, 6) is 0. The summed E-state index contributed by atoms with van der Waals surface area (Å²) in [5.41, 5.74) is 2.95. The van der Waals surface area contributed by atoms with E-state index in [1.807, 2.05) is 32.9 Å². The third kappa shape index (κ3) is 3.57. The summed E-state index contributed by atoms with van der Waals surface area (Å²) in [6.07, 6.45) is 3.80. The van der Waals surface area contributed by atoms with Gasteiger partial charge in [0, 0.05) is 23.8 Å². The van der Waals surface area contributed by atoms with E-state index in [-0.39, 0.29) is 6.09 Å². The zero-order valence-electron chi connectivity index (χ0n) is 16.2. The molecule has 4 rings (SSSR count). The molecule has 2 aromatic carbocycles. The molecule has 0 radical (unpaired) electrons. The van der Waals surface area contributed by atoms with Crippen molar-refractivity contribution in [3.63, 3.8) is 0 Å². The first kappa shape index (κ1) is 17.7. The Labute approximate surface area is 160 Å². The fraction of sp³-hybridized carbons (Fsp3) is 0.348. The average Bonchev–Trinajstić information content (AvgIpc) is 3.27. The first-order valence-electron chi connectivity index (χ1n) is 9.58. The predicted molar refractivity (Wildman–Crippen MR) is 109 cm³/mol. The fourth-order valence-corrected chi connectivity index (χ4v) is 3.88. The van der Waals surface area contributed by atoms with E-state index < -0.39 is 5.60 Å². The Kier molecular flexibility index (Phi) is 4.42. The van der Waals surface area contributed by atoms with Crippen LogP contribution >= 0.6 is 0 Å². The highest BCUT2D eigenvalue weighted by Crippen LogP contribution is 2.37. The third-order valence-corrected chi connectivity index (χ3v) is 5.03. The van der Waals surface area contributed by atoms with Gasteiger partial charge in [-0.1, -0.05) is 24.3 Å². The summed E-state index contributed by atoms with van der Waals surface area (Å²) in [5, 5.41) is 1.07. The number of para-hydroxylation sites is 1. The second-order valence-electron chi connectivity index (χ2n) is 8.17. The zero-order chi connectivity index (χ0) is 19.0. The van der Waals surface area contributed by atoms with Crippen molar-refractivity contribution in [2.45, 2.75) is 45.3 Å². The van der Waals surface area contributed by atoms with Gasteiger partial charge >= 0.3 is 6.09 Å². The number of benzene rings is 2. The van der Waals surface area contributed by atoms with Crippen molar-refractivity contribution in [3.8, 4) is 0 Å². The molecule has 1 atom stereocenters. The Hall–Kier alpha value is -2.75. The van der Waals surface area contributed by atoms with Gasteiger partial charge in [-0.15, -0.1) is 0 Å². The molecule has 1 aromatic heterocycles. The van der Waals surface area contributed by atoms with Crippen LogP contribution in [0.1, 0.15) is 45.2 Å². The topological polar surface area (TPSA) is 34.5 Å². The van der Waals surface area contributed by atoms with Crippen molar-refractivity contribution in [2.75, 3.05) is 11.4 Å². The highest BCUT2D eigenvalue weighted by molar-refractivity contribution is 5.90. The van der Waals surface area contributed by atoms with Gasteiger partial charge in [0.25, 0.3) is 0 Å². The Morgan fingerprint density at radius 2 is 1.85 bits per heavy atom. The maximum absolute atomic E-state index is 12.4. The number of carbonyl (C=O) groups is 1. The summed E-state index contributed by atoms with van der Waals surface area (Å²) in [4.78, 5) is 14.9. The van der Waals surface area contributed by atoms with Crippen molar-refractivity contribution in [1.82, 2.24) is 4.57 Å². The van der Waals surface area contributed by atoms with Crippen LogP contribution in [-0.2, 0) is 4.74 Å². The van der Waals surface area contributed by atoms with Crippen molar-refractivity contribution >= 4 is 22.7 Å². The molecule has 0 saturated carbocycles. The molecule has 0 aliphatic carbocycles. The number of ether oxygens (including phenoxy) is 1. The first-order chi connectivity index (χ1) is 12.9. The van der Waals surface area contributed by atoms with Crippen LogP contribution in [0.4, 0.5) is 10.5 Å². The highest BCUT2D eigenvalue weighted by Gasteiger charge is 2.27. The summed E-state index contributed by atoms with van der Waals surface area (Å²) in [6.45, 7) is 6.72. The van der Waals surface area contributed by atoms with E-state index in [0.29, 0.717) is 6.04 Å². The number of fused-ring (bicyclic) bond motifs is 1. The molecule has 1 unspecified atom stereocenters. The quantitative estimate of drug-likeness (QED) is 0.581. The second-order valence-corrected chi connectivity index (χ2v) is 8.17. The van der Waals surface area contributed by atoms with E-state index in [9.17, 15) is 4.79 Å². The van der Waals surface area contributed by atoms with Gasteiger partial charge in [0.05, 0.1) is 11.6 Å². The highest BCUT2D eigenvalue weighted by atomic mass is 16.6. The SMILES string of the molecule is CC(C)(C)OC(=O)n1ccc2cc(C3CCCN3c3ccccc3)ccc21. The van der Waals surface area contributed by atoms with E-state index in [0.717, 1.165) is 23.9 Å². The lowest BCUT2D eigenvalue weighted by Gasteiger charge is -2.27. The van der Waals surface area contributed by atoms with E-state index in [4.69, 9.17) is 4.74 Å². The molecule has 2 heterocycles. The molecule has 3 aromatic rings. The second kappa shape index (κ2) is 6.76. The molecule has 1 aliphatic heterocycles.